The quantitative estimate of drug-likeness (QED) is 0.664. The molecule has 0 aliphatic carbocycles. The topological polar surface area (TPSA) is 90.2 Å². The maximum atomic E-state index is 10.8. The molecule has 0 fully saturated rings. The van der Waals surface area contributed by atoms with Gasteiger partial charge in [0, 0.05) is 24.0 Å². The molecule has 1 aromatic heterocycles. The summed E-state index contributed by atoms with van der Waals surface area (Å²) in [6, 6.07) is 6.31. The predicted molar refractivity (Wildman–Crippen MR) is 73.7 cm³/mol. The van der Waals surface area contributed by atoms with Gasteiger partial charge < -0.3 is 10.1 Å². The Morgan fingerprint density at radius 3 is 2.85 bits per heavy atom. The first-order valence-corrected chi connectivity index (χ1v) is 5.94. The fourth-order valence-electron chi connectivity index (χ4n) is 1.70. The second-order valence-electron chi connectivity index (χ2n) is 4.13. The van der Waals surface area contributed by atoms with Gasteiger partial charge in [-0.25, -0.2) is 9.97 Å². The molecule has 0 atom stereocenters. The van der Waals surface area contributed by atoms with Crippen LogP contribution in [0.25, 0.3) is 0 Å². The molecule has 0 aliphatic heterocycles. The number of aryl methyl sites for hydroxylation is 1. The van der Waals surface area contributed by atoms with Crippen molar-refractivity contribution in [3.63, 3.8) is 0 Å². The molecule has 1 heterocycles. The van der Waals surface area contributed by atoms with Crippen LogP contribution in [0.4, 0.5) is 11.4 Å². The number of benzene rings is 1. The summed E-state index contributed by atoms with van der Waals surface area (Å²) in [5.74, 6) is 1.11. The van der Waals surface area contributed by atoms with Crippen LogP contribution in [0.5, 0.6) is 5.75 Å². The van der Waals surface area contributed by atoms with Crippen molar-refractivity contribution in [1.82, 2.24) is 9.97 Å². The molecule has 7 nitrogen and oxygen atoms in total. The van der Waals surface area contributed by atoms with Gasteiger partial charge in [0.1, 0.15) is 11.6 Å². The summed E-state index contributed by atoms with van der Waals surface area (Å²) in [6.07, 6.45) is 1.67. The molecule has 0 spiro atoms. The molecule has 1 aromatic carbocycles. The van der Waals surface area contributed by atoms with Crippen LogP contribution in [0.3, 0.4) is 0 Å². The normalized spacial score (nSPS) is 10.1. The van der Waals surface area contributed by atoms with Gasteiger partial charge in [0.15, 0.2) is 0 Å². The van der Waals surface area contributed by atoms with Crippen LogP contribution in [-0.2, 0) is 6.54 Å². The van der Waals surface area contributed by atoms with E-state index in [2.05, 4.69) is 15.3 Å². The molecule has 20 heavy (non-hydrogen) atoms. The average Bonchev–Trinajstić information content (AvgIpc) is 2.45. The van der Waals surface area contributed by atoms with E-state index in [1.54, 1.807) is 25.3 Å². The lowest BCUT2D eigenvalue weighted by molar-refractivity contribution is -0.384. The third-order valence-corrected chi connectivity index (χ3v) is 2.65. The Hall–Kier alpha value is -2.70. The summed E-state index contributed by atoms with van der Waals surface area (Å²) >= 11 is 0. The summed E-state index contributed by atoms with van der Waals surface area (Å²) in [4.78, 5) is 18.6. The maximum Gasteiger partial charge on any atom is 0.275 e. The van der Waals surface area contributed by atoms with Crippen molar-refractivity contribution in [3.05, 3.63) is 52.1 Å². The highest BCUT2D eigenvalue weighted by atomic mass is 16.6. The zero-order valence-corrected chi connectivity index (χ0v) is 11.2. The molecule has 7 heteroatoms. The van der Waals surface area contributed by atoms with E-state index in [4.69, 9.17) is 4.74 Å². The van der Waals surface area contributed by atoms with Crippen LogP contribution in [0.2, 0.25) is 0 Å². The Kier molecular flexibility index (Phi) is 4.09. The summed E-state index contributed by atoms with van der Waals surface area (Å²) in [7, 11) is 1.47. The SMILES string of the molecule is COc1cc(NCc2ccnc(C)n2)cc([N+](=O)[O-])c1. The zero-order valence-electron chi connectivity index (χ0n) is 11.2. The van der Waals surface area contributed by atoms with Crippen LogP contribution < -0.4 is 10.1 Å². The summed E-state index contributed by atoms with van der Waals surface area (Å²) in [6.45, 7) is 2.26. The number of ether oxygens (including phenoxy) is 1. The number of hydrogen-bond acceptors (Lipinski definition) is 6. The van der Waals surface area contributed by atoms with Gasteiger partial charge in [-0.2, -0.15) is 0 Å². The number of nitro benzene ring substituents is 1. The van der Waals surface area contributed by atoms with Crippen molar-refractivity contribution in [2.24, 2.45) is 0 Å². The van der Waals surface area contributed by atoms with Gasteiger partial charge in [-0.3, -0.25) is 10.1 Å². The fraction of sp³-hybridized carbons (Fsp3) is 0.231. The molecule has 0 radical (unpaired) electrons. The standard InChI is InChI=1S/C13H14N4O3/c1-9-14-4-3-10(16-9)8-15-11-5-12(17(18)19)7-13(6-11)20-2/h3-7,15H,8H2,1-2H3. The lowest BCUT2D eigenvalue weighted by Crippen LogP contribution is -2.04. The number of aromatic nitrogens is 2. The van der Waals surface area contributed by atoms with Crippen molar-refractivity contribution < 1.29 is 9.66 Å². The van der Waals surface area contributed by atoms with Gasteiger partial charge in [0.25, 0.3) is 5.69 Å². The smallest absolute Gasteiger partial charge is 0.275 e. The molecule has 0 saturated carbocycles. The van der Waals surface area contributed by atoms with Crippen molar-refractivity contribution in [2.45, 2.75) is 13.5 Å². The van der Waals surface area contributed by atoms with E-state index in [0.29, 0.717) is 23.8 Å². The minimum Gasteiger partial charge on any atom is -0.496 e. The molecule has 2 rings (SSSR count). The van der Waals surface area contributed by atoms with Gasteiger partial charge in [-0.05, 0) is 13.0 Å². The molecule has 1 N–H and O–H groups in total. The monoisotopic (exact) mass is 274 g/mol. The van der Waals surface area contributed by atoms with Crippen molar-refractivity contribution in [1.29, 1.82) is 0 Å². The lowest BCUT2D eigenvalue weighted by atomic mass is 10.2. The third-order valence-electron chi connectivity index (χ3n) is 2.65. The first-order chi connectivity index (χ1) is 9.58. The fourth-order valence-corrected chi connectivity index (χ4v) is 1.70. The average molecular weight is 274 g/mol. The zero-order chi connectivity index (χ0) is 14.5. The second kappa shape index (κ2) is 5.96. The van der Waals surface area contributed by atoms with E-state index in [1.807, 2.05) is 0 Å². The number of rotatable bonds is 5. The lowest BCUT2D eigenvalue weighted by Gasteiger charge is -2.08. The van der Waals surface area contributed by atoms with E-state index in [9.17, 15) is 10.1 Å². The number of nitrogens with one attached hydrogen (secondary N) is 1. The Balaban J connectivity index is 2.16. The predicted octanol–water partition coefficient (Wildman–Crippen LogP) is 2.31. The highest BCUT2D eigenvalue weighted by molar-refractivity contribution is 5.56. The number of hydrogen-bond donors (Lipinski definition) is 1. The third kappa shape index (κ3) is 3.41. The number of nitro groups is 1. The molecule has 2 aromatic rings. The Bertz CT molecular complexity index is 631. The largest absolute Gasteiger partial charge is 0.496 e. The first kappa shape index (κ1) is 13.7. The van der Waals surface area contributed by atoms with Gasteiger partial charge >= 0.3 is 0 Å². The molecule has 0 amide bonds. The van der Waals surface area contributed by atoms with Crippen LogP contribution in [0.1, 0.15) is 11.5 Å². The van der Waals surface area contributed by atoms with Crippen molar-refractivity contribution in [3.8, 4) is 5.75 Å². The minimum atomic E-state index is -0.456. The van der Waals surface area contributed by atoms with Crippen LogP contribution >= 0.6 is 0 Å². The van der Waals surface area contributed by atoms with E-state index in [0.717, 1.165) is 5.69 Å². The summed E-state index contributed by atoms with van der Waals surface area (Å²) < 4.78 is 5.05. The van der Waals surface area contributed by atoms with Crippen LogP contribution in [0.15, 0.2) is 30.5 Å². The molecular formula is C13H14N4O3. The highest BCUT2D eigenvalue weighted by Crippen LogP contribution is 2.25. The van der Waals surface area contributed by atoms with Crippen molar-refractivity contribution in [2.75, 3.05) is 12.4 Å². The Labute approximate surface area is 115 Å². The Morgan fingerprint density at radius 2 is 2.20 bits per heavy atom. The molecule has 104 valence electrons. The maximum absolute atomic E-state index is 10.8. The highest BCUT2D eigenvalue weighted by Gasteiger charge is 2.10. The van der Waals surface area contributed by atoms with Crippen LogP contribution in [0, 0.1) is 17.0 Å². The van der Waals surface area contributed by atoms with E-state index >= 15 is 0 Å². The second-order valence-corrected chi connectivity index (χ2v) is 4.13. The van der Waals surface area contributed by atoms with Crippen molar-refractivity contribution >= 4 is 11.4 Å². The molecular weight excluding hydrogens is 260 g/mol. The number of nitrogens with zero attached hydrogens (tertiary/aromatic N) is 3. The van der Waals surface area contributed by atoms with E-state index < -0.39 is 4.92 Å². The molecule has 0 bridgehead atoms. The molecule has 0 aliphatic rings. The van der Waals surface area contributed by atoms with Gasteiger partial charge in [-0.15, -0.1) is 0 Å². The number of anilines is 1. The van der Waals surface area contributed by atoms with Gasteiger partial charge in [0.05, 0.1) is 30.3 Å². The first-order valence-electron chi connectivity index (χ1n) is 5.94. The van der Waals surface area contributed by atoms with Gasteiger partial charge in [0.2, 0.25) is 0 Å². The molecule has 0 unspecified atom stereocenters. The van der Waals surface area contributed by atoms with Gasteiger partial charge in [-0.1, -0.05) is 0 Å². The molecule has 0 saturated heterocycles. The van der Waals surface area contributed by atoms with E-state index in [-0.39, 0.29) is 5.69 Å². The minimum absolute atomic E-state index is 0.0225. The van der Waals surface area contributed by atoms with Crippen LogP contribution in [-0.4, -0.2) is 22.0 Å². The Morgan fingerprint density at radius 1 is 1.40 bits per heavy atom. The summed E-state index contributed by atoms with van der Waals surface area (Å²) in [5.41, 5.74) is 1.39. The van der Waals surface area contributed by atoms with E-state index in [1.165, 1.54) is 19.2 Å². The number of methoxy groups -OCH3 is 1. The summed E-state index contributed by atoms with van der Waals surface area (Å²) in [5, 5.41) is 13.9. The number of non-ortho nitro benzene ring substituents is 1.